The summed E-state index contributed by atoms with van der Waals surface area (Å²) in [6, 6.07) is 36.7. The maximum Gasteiger partial charge on any atom is 0.127 e. The van der Waals surface area contributed by atoms with Crippen LogP contribution in [0.15, 0.2) is 103 Å². The van der Waals surface area contributed by atoms with Gasteiger partial charge in [-0.25, -0.2) is 0 Å². The van der Waals surface area contributed by atoms with Crippen LogP contribution >= 0.6 is 0 Å². The molecule has 1 unspecified atom stereocenters. The lowest BCUT2D eigenvalue weighted by Crippen LogP contribution is -2.10. The smallest absolute Gasteiger partial charge is 0.127 e. The molecule has 0 saturated carbocycles. The molecule has 0 bridgehead atoms. The Bertz CT molecular complexity index is 2480. The van der Waals surface area contributed by atoms with Gasteiger partial charge in [0.1, 0.15) is 11.5 Å². The molecule has 3 nitrogen and oxygen atoms in total. The van der Waals surface area contributed by atoms with Gasteiger partial charge in [0.25, 0.3) is 0 Å². The highest BCUT2D eigenvalue weighted by atomic mass is 16.5. The standard InChI is InChI=1S/C68H93NO2/c1-7-12-15-17-19-21-23-25-27-29-47-70-67-52-62(68(51-61(67)31-10-4)71-48-30-28-26-24-22-20-18-16-13-8-2)42-37-56-35-40-58(41-36-56)60-44-46-66-64(50-60)63-49-59(57-38-33-54(6)34-39-57)43-45-65(63)69(66)53-55(11-5)32-14-9-3/h10,31,33-46,49-52,55H,7-9,11-30,32,47-48,53H2,1-6H3/b31-10+,42-37+. The Labute approximate surface area is 432 Å². The molecule has 0 aliphatic heterocycles. The van der Waals surface area contributed by atoms with Gasteiger partial charge < -0.3 is 14.0 Å². The lowest BCUT2D eigenvalue weighted by Gasteiger charge is -2.17. The molecular formula is C68H93NO2. The van der Waals surface area contributed by atoms with E-state index >= 15 is 0 Å². The summed E-state index contributed by atoms with van der Waals surface area (Å²) in [6.07, 6.45) is 40.1. The van der Waals surface area contributed by atoms with E-state index in [0.717, 1.165) is 60.8 Å². The van der Waals surface area contributed by atoms with Gasteiger partial charge in [-0.15, -0.1) is 0 Å². The second-order valence-electron chi connectivity index (χ2n) is 20.8. The van der Waals surface area contributed by atoms with Gasteiger partial charge in [0.2, 0.25) is 0 Å². The van der Waals surface area contributed by atoms with Crippen LogP contribution in [0.3, 0.4) is 0 Å². The van der Waals surface area contributed by atoms with E-state index in [0.29, 0.717) is 5.92 Å². The van der Waals surface area contributed by atoms with Crippen molar-refractivity contribution in [2.45, 2.75) is 202 Å². The first-order valence-electron chi connectivity index (χ1n) is 28.9. The third-order valence-electron chi connectivity index (χ3n) is 14.9. The van der Waals surface area contributed by atoms with Crippen molar-refractivity contribution in [2.24, 2.45) is 5.92 Å². The molecule has 0 amide bonds. The summed E-state index contributed by atoms with van der Waals surface area (Å²) < 4.78 is 15.8. The molecule has 3 heteroatoms. The van der Waals surface area contributed by atoms with E-state index in [1.165, 1.54) is 191 Å². The predicted molar refractivity (Wildman–Crippen MR) is 313 cm³/mol. The molecular weight excluding hydrogens is 863 g/mol. The van der Waals surface area contributed by atoms with Crippen molar-refractivity contribution in [1.29, 1.82) is 0 Å². The lowest BCUT2D eigenvalue weighted by atomic mass is 9.99. The molecule has 5 aromatic carbocycles. The molecule has 0 aliphatic rings. The minimum Gasteiger partial charge on any atom is -0.493 e. The number of benzene rings is 5. The minimum atomic E-state index is 0.664. The summed E-state index contributed by atoms with van der Waals surface area (Å²) in [5.74, 6) is 2.54. The molecule has 1 atom stereocenters. The number of hydrogen-bond donors (Lipinski definition) is 0. The van der Waals surface area contributed by atoms with E-state index in [1.807, 2.05) is 0 Å². The Morgan fingerprint density at radius 1 is 0.437 bits per heavy atom. The Morgan fingerprint density at radius 2 is 0.859 bits per heavy atom. The topological polar surface area (TPSA) is 23.4 Å². The SMILES string of the molecule is C/C=C/c1cc(OCCCCCCCCCCCC)c(/C=C/c2ccc(-c3ccc4c(c3)c3cc(-c5ccc(C)cc5)ccc3n4CC(CC)CCCC)cc2)cc1OCCCCCCCCCCCC. The first-order valence-corrected chi connectivity index (χ1v) is 28.9. The second-order valence-corrected chi connectivity index (χ2v) is 20.8. The van der Waals surface area contributed by atoms with Crippen LogP contribution in [0.1, 0.15) is 211 Å². The molecule has 382 valence electrons. The van der Waals surface area contributed by atoms with Crippen molar-refractivity contribution < 1.29 is 9.47 Å². The largest absolute Gasteiger partial charge is 0.493 e. The van der Waals surface area contributed by atoms with E-state index in [4.69, 9.17) is 9.47 Å². The highest BCUT2D eigenvalue weighted by Crippen LogP contribution is 2.37. The van der Waals surface area contributed by atoms with Crippen molar-refractivity contribution in [2.75, 3.05) is 13.2 Å². The molecule has 0 N–H and O–H groups in total. The van der Waals surface area contributed by atoms with Crippen LogP contribution in [0, 0.1) is 12.8 Å². The Hall–Kier alpha value is -5.02. The number of fused-ring (bicyclic) bond motifs is 3. The molecule has 1 heterocycles. The van der Waals surface area contributed by atoms with Gasteiger partial charge >= 0.3 is 0 Å². The van der Waals surface area contributed by atoms with E-state index < -0.39 is 0 Å². The van der Waals surface area contributed by atoms with E-state index in [2.05, 4.69) is 167 Å². The number of hydrogen-bond acceptors (Lipinski definition) is 2. The Morgan fingerprint density at radius 3 is 1.31 bits per heavy atom. The molecule has 6 rings (SSSR count). The second kappa shape index (κ2) is 31.4. The zero-order valence-electron chi connectivity index (χ0n) is 45.5. The summed E-state index contributed by atoms with van der Waals surface area (Å²) in [6.45, 7) is 16.0. The molecule has 0 aliphatic carbocycles. The molecule has 0 saturated heterocycles. The fourth-order valence-corrected chi connectivity index (χ4v) is 10.4. The fourth-order valence-electron chi connectivity index (χ4n) is 10.4. The third kappa shape index (κ3) is 17.6. The number of aromatic nitrogens is 1. The fraction of sp³-hybridized carbons (Fsp3) is 0.500. The Kier molecular flexibility index (Phi) is 24.5. The molecule has 0 spiro atoms. The van der Waals surface area contributed by atoms with E-state index in [-0.39, 0.29) is 0 Å². The van der Waals surface area contributed by atoms with Gasteiger partial charge in [0, 0.05) is 39.5 Å². The summed E-state index contributed by atoms with van der Waals surface area (Å²) in [7, 11) is 0. The van der Waals surface area contributed by atoms with Crippen molar-refractivity contribution >= 4 is 40.0 Å². The first-order chi connectivity index (χ1) is 35.0. The molecule has 71 heavy (non-hydrogen) atoms. The van der Waals surface area contributed by atoms with Crippen molar-refractivity contribution in [3.05, 3.63) is 125 Å². The summed E-state index contributed by atoms with van der Waals surface area (Å²) in [5.41, 5.74) is 12.3. The highest BCUT2D eigenvalue weighted by molar-refractivity contribution is 6.10. The summed E-state index contributed by atoms with van der Waals surface area (Å²) >= 11 is 0. The molecule has 0 radical (unpaired) electrons. The van der Waals surface area contributed by atoms with Gasteiger partial charge in [0.05, 0.1) is 13.2 Å². The number of unbranched alkanes of at least 4 members (excludes halogenated alkanes) is 19. The zero-order chi connectivity index (χ0) is 49.9. The van der Waals surface area contributed by atoms with Gasteiger partial charge in [-0.05, 0) is 103 Å². The number of aryl methyl sites for hydroxylation is 1. The van der Waals surface area contributed by atoms with E-state index in [1.54, 1.807) is 0 Å². The van der Waals surface area contributed by atoms with Crippen LogP contribution in [0.5, 0.6) is 11.5 Å². The third-order valence-corrected chi connectivity index (χ3v) is 14.9. The number of nitrogens with zero attached hydrogens (tertiary/aromatic N) is 1. The van der Waals surface area contributed by atoms with Gasteiger partial charge in [-0.2, -0.15) is 0 Å². The van der Waals surface area contributed by atoms with E-state index in [9.17, 15) is 0 Å². The summed E-state index contributed by atoms with van der Waals surface area (Å²) in [5, 5.41) is 2.67. The molecule has 1 aromatic heterocycles. The van der Waals surface area contributed by atoms with Gasteiger partial charge in [-0.3, -0.25) is 0 Å². The van der Waals surface area contributed by atoms with Crippen LogP contribution < -0.4 is 9.47 Å². The average Bonchev–Trinajstić information content (AvgIpc) is 3.70. The molecule has 6 aromatic rings. The van der Waals surface area contributed by atoms with Gasteiger partial charge in [0.15, 0.2) is 0 Å². The van der Waals surface area contributed by atoms with Crippen molar-refractivity contribution in [3.8, 4) is 33.8 Å². The number of allylic oxidation sites excluding steroid dienone is 1. The monoisotopic (exact) mass is 956 g/mol. The average molecular weight is 956 g/mol. The van der Waals surface area contributed by atoms with Gasteiger partial charge in [-0.1, -0.05) is 253 Å². The number of rotatable bonds is 35. The highest BCUT2D eigenvalue weighted by Gasteiger charge is 2.17. The number of ether oxygens (including phenoxy) is 2. The molecule has 0 fully saturated rings. The predicted octanol–water partition coefficient (Wildman–Crippen LogP) is 21.5. The van der Waals surface area contributed by atoms with Crippen molar-refractivity contribution in [1.82, 2.24) is 4.57 Å². The quantitative estimate of drug-likeness (QED) is 0.0293. The maximum atomic E-state index is 6.63. The van der Waals surface area contributed by atoms with Crippen LogP contribution in [-0.2, 0) is 6.54 Å². The van der Waals surface area contributed by atoms with Crippen LogP contribution in [0.2, 0.25) is 0 Å². The lowest BCUT2D eigenvalue weighted by molar-refractivity contribution is 0.295. The maximum absolute atomic E-state index is 6.63. The first kappa shape index (κ1) is 55.3. The van der Waals surface area contributed by atoms with Crippen LogP contribution in [0.25, 0.3) is 62.3 Å². The minimum absolute atomic E-state index is 0.664. The van der Waals surface area contributed by atoms with Crippen LogP contribution in [-0.4, -0.2) is 17.8 Å². The Balaban J connectivity index is 1.19. The van der Waals surface area contributed by atoms with Crippen LogP contribution in [0.4, 0.5) is 0 Å². The normalized spacial score (nSPS) is 12.3. The van der Waals surface area contributed by atoms with Crippen molar-refractivity contribution in [3.63, 3.8) is 0 Å². The summed E-state index contributed by atoms with van der Waals surface area (Å²) in [4.78, 5) is 0. The zero-order valence-corrected chi connectivity index (χ0v) is 45.5.